The van der Waals surface area contributed by atoms with E-state index in [2.05, 4.69) is 5.32 Å². The van der Waals surface area contributed by atoms with Gasteiger partial charge in [-0.1, -0.05) is 0 Å². The molecule has 0 aliphatic rings. The summed E-state index contributed by atoms with van der Waals surface area (Å²) in [5.41, 5.74) is 4.15. The second kappa shape index (κ2) is 9.12. The summed E-state index contributed by atoms with van der Waals surface area (Å²) in [5, 5.41) is 24.3. The number of benzene rings is 2. The SMILES string of the molecule is CCOc1ccc(NC(=O)COC(=O)c2ccc(N)c([N+](=O)[O-])c2)c([N+](=O)[O-])c1. The fourth-order valence-corrected chi connectivity index (χ4v) is 2.25. The van der Waals surface area contributed by atoms with E-state index in [9.17, 15) is 29.8 Å². The smallest absolute Gasteiger partial charge is 0.338 e. The first-order valence-electron chi connectivity index (χ1n) is 8.15. The molecule has 2 aromatic rings. The van der Waals surface area contributed by atoms with E-state index in [0.29, 0.717) is 6.61 Å². The van der Waals surface area contributed by atoms with Crippen LogP contribution in [0.4, 0.5) is 22.7 Å². The second-order valence-electron chi connectivity index (χ2n) is 5.52. The van der Waals surface area contributed by atoms with E-state index in [-0.39, 0.29) is 22.7 Å². The van der Waals surface area contributed by atoms with Gasteiger partial charge in [0.25, 0.3) is 17.3 Å². The molecule has 2 aromatic carbocycles. The van der Waals surface area contributed by atoms with Crippen molar-refractivity contribution < 1.29 is 28.9 Å². The summed E-state index contributed by atoms with van der Waals surface area (Å²) in [6.07, 6.45) is 0. The number of anilines is 2. The summed E-state index contributed by atoms with van der Waals surface area (Å²) in [7, 11) is 0. The normalized spacial score (nSPS) is 10.1. The molecule has 0 radical (unpaired) electrons. The van der Waals surface area contributed by atoms with Crippen molar-refractivity contribution in [2.75, 3.05) is 24.3 Å². The lowest BCUT2D eigenvalue weighted by Gasteiger charge is -2.09. The Morgan fingerprint density at radius 2 is 1.76 bits per heavy atom. The highest BCUT2D eigenvalue weighted by Crippen LogP contribution is 2.29. The van der Waals surface area contributed by atoms with Crippen LogP contribution in [-0.4, -0.2) is 34.9 Å². The third-order valence-electron chi connectivity index (χ3n) is 3.55. The number of rotatable bonds is 8. The van der Waals surface area contributed by atoms with Crippen molar-refractivity contribution >= 4 is 34.6 Å². The summed E-state index contributed by atoms with van der Waals surface area (Å²) in [6, 6.07) is 7.17. The van der Waals surface area contributed by atoms with Crippen LogP contribution in [0.5, 0.6) is 5.75 Å². The lowest BCUT2D eigenvalue weighted by molar-refractivity contribution is -0.384. The van der Waals surface area contributed by atoms with Crippen LogP contribution in [0.15, 0.2) is 36.4 Å². The first kappa shape index (κ1) is 21.1. The zero-order chi connectivity index (χ0) is 21.6. The fraction of sp³-hybridized carbons (Fsp3) is 0.176. The van der Waals surface area contributed by atoms with E-state index in [1.165, 1.54) is 18.2 Å². The van der Waals surface area contributed by atoms with Gasteiger partial charge in [-0.3, -0.25) is 25.0 Å². The van der Waals surface area contributed by atoms with Gasteiger partial charge in [0, 0.05) is 6.07 Å². The first-order valence-corrected chi connectivity index (χ1v) is 8.15. The third kappa shape index (κ3) is 5.38. The summed E-state index contributed by atoms with van der Waals surface area (Å²) < 4.78 is 9.97. The zero-order valence-corrected chi connectivity index (χ0v) is 15.1. The second-order valence-corrected chi connectivity index (χ2v) is 5.52. The maximum Gasteiger partial charge on any atom is 0.338 e. The van der Waals surface area contributed by atoms with E-state index >= 15 is 0 Å². The predicted octanol–water partition coefficient (Wildman–Crippen LogP) is 2.28. The number of hydrogen-bond donors (Lipinski definition) is 2. The quantitative estimate of drug-likeness (QED) is 0.289. The molecule has 0 saturated heterocycles. The molecule has 0 aromatic heterocycles. The van der Waals surface area contributed by atoms with Crippen LogP contribution in [-0.2, 0) is 9.53 Å². The van der Waals surface area contributed by atoms with Crippen LogP contribution in [0.3, 0.4) is 0 Å². The molecule has 12 heteroatoms. The Bertz CT molecular complexity index is 976. The Balaban J connectivity index is 2.05. The summed E-state index contributed by atoms with van der Waals surface area (Å²) in [6.45, 7) is 1.26. The number of ether oxygens (including phenoxy) is 2. The number of nitrogen functional groups attached to an aromatic ring is 1. The Kier molecular flexibility index (Phi) is 6.63. The number of nitrogens with one attached hydrogen (secondary N) is 1. The molecular formula is C17H16N4O8. The molecule has 0 fully saturated rings. The number of nitrogens with two attached hydrogens (primary N) is 1. The number of esters is 1. The van der Waals surface area contributed by atoms with Crippen LogP contribution >= 0.6 is 0 Å². The van der Waals surface area contributed by atoms with Crippen LogP contribution in [0.25, 0.3) is 0 Å². The number of nitro groups is 2. The molecule has 29 heavy (non-hydrogen) atoms. The highest BCUT2D eigenvalue weighted by atomic mass is 16.6. The van der Waals surface area contributed by atoms with Gasteiger partial charge < -0.3 is 20.5 Å². The van der Waals surface area contributed by atoms with Crippen molar-refractivity contribution in [3.8, 4) is 5.75 Å². The topological polar surface area (TPSA) is 177 Å². The molecule has 0 unspecified atom stereocenters. The third-order valence-corrected chi connectivity index (χ3v) is 3.55. The largest absolute Gasteiger partial charge is 0.494 e. The van der Waals surface area contributed by atoms with Gasteiger partial charge in [-0.2, -0.15) is 0 Å². The van der Waals surface area contributed by atoms with Crippen molar-refractivity contribution in [2.24, 2.45) is 0 Å². The number of carbonyl (C=O) groups is 2. The van der Waals surface area contributed by atoms with Gasteiger partial charge in [-0.15, -0.1) is 0 Å². The van der Waals surface area contributed by atoms with E-state index in [1.807, 2.05) is 0 Å². The molecule has 0 aliphatic carbocycles. The lowest BCUT2D eigenvalue weighted by atomic mass is 10.2. The molecule has 0 aliphatic heterocycles. The standard InChI is InChI=1S/C17H16N4O8/c1-2-28-11-4-6-13(15(8-11)21(26)27)19-16(22)9-29-17(23)10-3-5-12(18)14(7-10)20(24)25/h3-8H,2,9,18H2,1H3,(H,19,22). The summed E-state index contributed by atoms with van der Waals surface area (Å²) in [5.74, 6) is -1.58. The van der Waals surface area contributed by atoms with E-state index < -0.39 is 39.7 Å². The van der Waals surface area contributed by atoms with Crippen molar-refractivity contribution in [3.05, 3.63) is 62.2 Å². The predicted molar refractivity (Wildman–Crippen MR) is 101 cm³/mol. The molecular weight excluding hydrogens is 388 g/mol. The molecule has 12 nitrogen and oxygen atoms in total. The Labute approximate surface area is 163 Å². The van der Waals surface area contributed by atoms with Gasteiger partial charge in [0.15, 0.2) is 6.61 Å². The molecule has 0 heterocycles. The minimum absolute atomic E-state index is 0.109. The van der Waals surface area contributed by atoms with Crippen LogP contribution < -0.4 is 15.8 Å². The van der Waals surface area contributed by atoms with Crippen molar-refractivity contribution in [2.45, 2.75) is 6.92 Å². The Morgan fingerprint density at radius 3 is 2.38 bits per heavy atom. The molecule has 3 N–H and O–H groups in total. The van der Waals surface area contributed by atoms with Crippen molar-refractivity contribution in [3.63, 3.8) is 0 Å². The maximum atomic E-state index is 12.0. The van der Waals surface area contributed by atoms with Gasteiger partial charge in [0.05, 0.1) is 28.1 Å². The highest BCUT2D eigenvalue weighted by molar-refractivity contribution is 5.97. The zero-order valence-electron chi connectivity index (χ0n) is 15.1. The maximum absolute atomic E-state index is 12.0. The number of nitrogens with zero attached hydrogens (tertiary/aromatic N) is 2. The number of hydrogen-bond acceptors (Lipinski definition) is 9. The molecule has 2 rings (SSSR count). The van der Waals surface area contributed by atoms with E-state index in [0.717, 1.165) is 18.2 Å². The average Bonchev–Trinajstić information content (AvgIpc) is 2.67. The van der Waals surface area contributed by atoms with Crippen molar-refractivity contribution in [1.82, 2.24) is 0 Å². The number of amides is 1. The van der Waals surface area contributed by atoms with Crippen LogP contribution in [0.1, 0.15) is 17.3 Å². The highest BCUT2D eigenvalue weighted by Gasteiger charge is 2.20. The lowest BCUT2D eigenvalue weighted by Crippen LogP contribution is -2.21. The number of nitro benzene ring substituents is 2. The van der Waals surface area contributed by atoms with Gasteiger partial charge in [-0.05, 0) is 31.2 Å². The number of carbonyl (C=O) groups excluding carboxylic acids is 2. The molecule has 0 bridgehead atoms. The summed E-state index contributed by atoms with van der Waals surface area (Å²) in [4.78, 5) is 44.6. The molecule has 0 saturated carbocycles. The van der Waals surface area contributed by atoms with Crippen LogP contribution in [0, 0.1) is 20.2 Å². The van der Waals surface area contributed by atoms with Gasteiger partial charge in [0.2, 0.25) is 0 Å². The van der Waals surface area contributed by atoms with Gasteiger partial charge in [0.1, 0.15) is 17.1 Å². The van der Waals surface area contributed by atoms with E-state index in [4.69, 9.17) is 15.2 Å². The molecule has 1 amide bonds. The monoisotopic (exact) mass is 404 g/mol. The minimum atomic E-state index is -0.996. The van der Waals surface area contributed by atoms with Crippen molar-refractivity contribution in [1.29, 1.82) is 0 Å². The van der Waals surface area contributed by atoms with Gasteiger partial charge >= 0.3 is 5.97 Å². The molecule has 0 spiro atoms. The average molecular weight is 404 g/mol. The van der Waals surface area contributed by atoms with E-state index in [1.54, 1.807) is 6.92 Å². The first-order chi connectivity index (χ1) is 13.7. The fourth-order valence-electron chi connectivity index (χ4n) is 2.25. The molecule has 0 atom stereocenters. The molecule has 152 valence electrons. The minimum Gasteiger partial charge on any atom is -0.494 e. The summed E-state index contributed by atoms with van der Waals surface area (Å²) >= 11 is 0. The van der Waals surface area contributed by atoms with Gasteiger partial charge in [-0.25, -0.2) is 4.79 Å². The Morgan fingerprint density at radius 1 is 1.07 bits per heavy atom. The Hall–Kier alpha value is -4.22. The van der Waals surface area contributed by atoms with Crippen LogP contribution in [0.2, 0.25) is 0 Å².